The largest absolute Gasteiger partial charge is 0.497 e. The van der Waals surface area contributed by atoms with E-state index in [0.29, 0.717) is 43.2 Å². The molecule has 3 rings (SSSR count). The summed E-state index contributed by atoms with van der Waals surface area (Å²) in [7, 11) is 1.63. The van der Waals surface area contributed by atoms with Gasteiger partial charge in [-0.25, -0.2) is 4.79 Å². The van der Waals surface area contributed by atoms with Crippen LogP contribution < -0.4 is 15.4 Å². The number of benzene rings is 2. The highest BCUT2D eigenvalue weighted by Gasteiger charge is 2.38. The maximum Gasteiger partial charge on any atom is 0.321 e. The highest BCUT2D eigenvalue weighted by molar-refractivity contribution is 6.31. The molecule has 0 aliphatic carbocycles. The summed E-state index contributed by atoms with van der Waals surface area (Å²) in [6, 6.07) is 12.9. The van der Waals surface area contributed by atoms with Gasteiger partial charge in [-0.1, -0.05) is 36.7 Å². The van der Waals surface area contributed by atoms with Crippen molar-refractivity contribution in [1.29, 1.82) is 0 Å². The minimum atomic E-state index is -0.491. The summed E-state index contributed by atoms with van der Waals surface area (Å²) in [5.41, 5.74) is 2.07. The first kappa shape index (κ1) is 22.0. The molecule has 1 aliphatic heterocycles. The molecule has 1 aliphatic rings. The van der Waals surface area contributed by atoms with E-state index in [9.17, 15) is 9.59 Å². The van der Waals surface area contributed by atoms with Gasteiger partial charge in [0.25, 0.3) is 0 Å². The third-order valence-electron chi connectivity index (χ3n) is 5.82. The van der Waals surface area contributed by atoms with Crippen LogP contribution in [0.2, 0.25) is 5.02 Å². The van der Waals surface area contributed by atoms with Crippen LogP contribution in [0.1, 0.15) is 30.9 Å². The fourth-order valence-corrected chi connectivity index (χ4v) is 3.68. The lowest BCUT2D eigenvalue weighted by atomic mass is 9.79. The first-order valence-electron chi connectivity index (χ1n) is 10.0. The molecule has 0 atom stereocenters. The molecule has 2 aromatic rings. The van der Waals surface area contributed by atoms with Crippen LogP contribution in [-0.4, -0.2) is 37.0 Å². The first-order valence-corrected chi connectivity index (χ1v) is 10.4. The van der Waals surface area contributed by atoms with Gasteiger partial charge in [-0.05, 0) is 55.2 Å². The summed E-state index contributed by atoms with van der Waals surface area (Å²) in [4.78, 5) is 27.2. The van der Waals surface area contributed by atoms with Crippen molar-refractivity contribution in [3.05, 3.63) is 58.6 Å². The Hall–Kier alpha value is -2.73. The number of methoxy groups -OCH3 is 1. The molecule has 160 valence electrons. The number of halogens is 1. The number of ether oxygens (including phenoxy) is 1. The molecule has 1 heterocycles. The summed E-state index contributed by atoms with van der Waals surface area (Å²) in [5.74, 6) is 0.805. The van der Waals surface area contributed by atoms with Crippen LogP contribution in [0, 0.1) is 12.3 Å². The lowest BCUT2D eigenvalue weighted by Gasteiger charge is -2.38. The van der Waals surface area contributed by atoms with Crippen molar-refractivity contribution in [2.45, 2.75) is 33.2 Å². The zero-order valence-electron chi connectivity index (χ0n) is 17.6. The minimum absolute atomic E-state index is 0.0176. The van der Waals surface area contributed by atoms with Crippen LogP contribution in [0.4, 0.5) is 10.5 Å². The van der Waals surface area contributed by atoms with Gasteiger partial charge in [0.2, 0.25) is 5.91 Å². The van der Waals surface area contributed by atoms with Crippen LogP contribution in [0.3, 0.4) is 0 Å². The topological polar surface area (TPSA) is 70.7 Å². The molecule has 2 aromatic carbocycles. The Morgan fingerprint density at radius 1 is 1.13 bits per heavy atom. The normalized spacial score (nSPS) is 15.4. The maximum absolute atomic E-state index is 12.8. The number of carbonyl (C=O) groups excluding carboxylic acids is 2. The Kier molecular flexibility index (Phi) is 6.87. The molecular formula is C23H28ClN3O3. The Labute approximate surface area is 182 Å². The SMILES string of the molecule is COc1ccc(CNC(=O)C2(C)CCN(C(=O)Nc3cccc(Cl)c3C)CC2)cc1. The number of nitrogens with one attached hydrogen (secondary N) is 2. The average molecular weight is 430 g/mol. The summed E-state index contributed by atoms with van der Waals surface area (Å²) >= 11 is 6.13. The quantitative estimate of drug-likeness (QED) is 0.729. The number of rotatable bonds is 5. The van der Waals surface area contributed by atoms with E-state index in [2.05, 4.69) is 10.6 Å². The van der Waals surface area contributed by atoms with Crippen molar-refractivity contribution in [2.75, 3.05) is 25.5 Å². The van der Waals surface area contributed by atoms with E-state index < -0.39 is 5.41 Å². The van der Waals surface area contributed by atoms with Gasteiger partial charge in [0.15, 0.2) is 0 Å². The number of piperidine rings is 1. The highest BCUT2D eigenvalue weighted by atomic mass is 35.5. The van der Waals surface area contributed by atoms with Gasteiger partial charge in [-0.2, -0.15) is 0 Å². The first-order chi connectivity index (χ1) is 14.3. The van der Waals surface area contributed by atoms with Gasteiger partial charge >= 0.3 is 6.03 Å². The van der Waals surface area contributed by atoms with Crippen LogP contribution in [0.25, 0.3) is 0 Å². The zero-order chi connectivity index (χ0) is 21.7. The smallest absolute Gasteiger partial charge is 0.321 e. The minimum Gasteiger partial charge on any atom is -0.497 e. The van der Waals surface area contributed by atoms with Gasteiger partial charge in [0.1, 0.15) is 5.75 Å². The fourth-order valence-electron chi connectivity index (χ4n) is 3.51. The third-order valence-corrected chi connectivity index (χ3v) is 6.23. The van der Waals surface area contributed by atoms with Crippen molar-refractivity contribution in [3.63, 3.8) is 0 Å². The molecule has 1 saturated heterocycles. The predicted octanol–water partition coefficient (Wildman–Crippen LogP) is 4.61. The zero-order valence-corrected chi connectivity index (χ0v) is 18.4. The van der Waals surface area contributed by atoms with Gasteiger partial charge in [-0.3, -0.25) is 4.79 Å². The lowest BCUT2D eigenvalue weighted by molar-refractivity contribution is -0.132. The van der Waals surface area contributed by atoms with Gasteiger partial charge in [0.05, 0.1) is 7.11 Å². The molecule has 0 saturated carbocycles. The Balaban J connectivity index is 1.51. The summed E-state index contributed by atoms with van der Waals surface area (Å²) in [6.45, 7) is 5.36. The predicted molar refractivity (Wildman–Crippen MR) is 119 cm³/mol. The third kappa shape index (κ3) is 5.05. The number of carbonyl (C=O) groups is 2. The van der Waals surface area contributed by atoms with Gasteiger partial charge in [0, 0.05) is 35.8 Å². The Morgan fingerprint density at radius 3 is 2.43 bits per heavy atom. The standard InChI is InChI=1S/C23H28ClN3O3/c1-16-19(24)5-4-6-20(16)26-22(29)27-13-11-23(2,12-14-27)21(28)25-15-17-7-9-18(30-3)10-8-17/h4-10H,11-15H2,1-3H3,(H,25,28)(H,26,29). The van der Waals surface area contributed by atoms with E-state index in [0.717, 1.165) is 16.9 Å². The van der Waals surface area contributed by atoms with E-state index in [-0.39, 0.29) is 11.9 Å². The molecule has 30 heavy (non-hydrogen) atoms. The van der Waals surface area contributed by atoms with Crippen molar-refractivity contribution >= 4 is 29.2 Å². The number of hydrogen-bond donors (Lipinski definition) is 2. The molecule has 0 radical (unpaired) electrons. The highest BCUT2D eigenvalue weighted by Crippen LogP contribution is 2.32. The lowest BCUT2D eigenvalue weighted by Crippen LogP contribution is -2.49. The molecule has 0 unspecified atom stereocenters. The molecule has 3 amide bonds. The Morgan fingerprint density at radius 2 is 1.80 bits per heavy atom. The molecule has 6 nitrogen and oxygen atoms in total. The molecule has 0 aromatic heterocycles. The number of nitrogens with zero attached hydrogens (tertiary/aromatic N) is 1. The number of urea groups is 1. The van der Waals surface area contributed by atoms with Crippen LogP contribution in [0.15, 0.2) is 42.5 Å². The van der Waals surface area contributed by atoms with E-state index in [1.54, 1.807) is 18.1 Å². The summed E-state index contributed by atoms with van der Waals surface area (Å²) < 4.78 is 5.15. The van der Waals surface area contributed by atoms with E-state index in [1.165, 1.54) is 0 Å². The fraction of sp³-hybridized carbons (Fsp3) is 0.391. The van der Waals surface area contributed by atoms with Crippen molar-refractivity contribution in [3.8, 4) is 5.75 Å². The van der Waals surface area contributed by atoms with Crippen LogP contribution >= 0.6 is 11.6 Å². The van der Waals surface area contributed by atoms with Gasteiger partial charge in [-0.15, -0.1) is 0 Å². The van der Waals surface area contributed by atoms with Crippen LogP contribution in [0.5, 0.6) is 5.75 Å². The monoisotopic (exact) mass is 429 g/mol. The number of anilines is 1. The van der Waals surface area contributed by atoms with E-state index in [4.69, 9.17) is 16.3 Å². The summed E-state index contributed by atoms with van der Waals surface area (Å²) in [5, 5.41) is 6.57. The second kappa shape index (κ2) is 9.39. The molecule has 7 heteroatoms. The molecular weight excluding hydrogens is 402 g/mol. The molecule has 2 N–H and O–H groups in total. The molecule has 0 spiro atoms. The average Bonchev–Trinajstić information content (AvgIpc) is 2.76. The van der Waals surface area contributed by atoms with E-state index >= 15 is 0 Å². The van der Waals surface area contributed by atoms with Crippen molar-refractivity contribution in [1.82, 2.24) is 10.2 Å². The number of amides is 3. The second-order valence-electron chi connectivity index (χ2n) is 7.92. The number of hydrogen-bond acceptors (Lipinski definition) is 3. The number of likely N-dealkylation sites (tertiary alicyclic amines) is 1. The van der Waals surface area contributed by atoms with Gasteiger partial charge < -0.3 is 20.3 Å². The molecule has 0 bridgehead atoms. The Bertz CT molecular complexity index is 906. The second-order valence-corrected chi connectivity index (χ2v) is 8.33. The van der Waals surface area contributed by atoms with Crippen molar-refractivity contribution < 1.29 is 14.3 Å². The van der Waals surface area contributed by atoms with Crippen molar-refractivity contribution in [2.24, 2.45) is 5.41 Å². The van der Waals surface area contributed by atoms with Crippen LogP contribution in [-0.2, 0) is 11.3 Å². The molecule has 1 fully saturated rings. The summed E-state index contributed by atoms with van der Waals surface area (Å²) in [6.07, 6.45) is 1.23. The van der Waals surface area contributed by atoms with E-state index in [1.807, 2.05) is 50.2 Å². The maximum atomic E-state index is 12.8.